The summed E-state index contributed by atoms with van der Waals surface area (Å²) in [7, 11) is 2.43. The van der Waals surface area contributed by atoms with Crippen molar-refractivity contribution in [2.75, 3.05) is 38.1 Å². The SMILES string of the molecule is C.COC(=O)C1COC(c2nc3oc2[C@@]24c5cc(F)ccc5N[C@@H]2Oc2ccc(cc24)C[C@H](C)C(=O)N[C@H]3C(C)(C)C)=N1.COC(=O)[C@H](CO)NC(=O)c1nc2oc1[C@@]13c4cc(F)ccc4N[C@@H]1Oc1ccc(cc13)C[C@H](C)C(=O)N[C@H]2C(C)(C)C. The van der Waals surface area contributed by atoms with Gasteiger partial charge in [-0.3, -0.25) is 14.4 Å². The zero-order valence-corrected chi connectivity index (χ0v) is 48.3. The maximum Gasteiger partial charge on any atom is 0.334 e. The summed E-state index contributed by atoms with van der Waals surface area (Å²) < 4.78 is 71.7. The number of rotatable bonds is 6. The Labute approximate surface area is 494 Å². The van der Waals surface area contributed by atoms with Crippen molar-refractivity contribution in [1.29, 1.82) is 0 Å². The monoisotopic (exact) mass is 1180 g/mol. The fourth-order valence-electron chi connectivity index (χ4n) is 12.6. The number of aliphatic imine (C=N–C) groups is 1. The fourth-order valence-corrected chi connectivity index (χ4v) is 12.6. The number of aliphatic hydroxyl groups is 1. The number of aromatic nitrogens is 2. The quantitative estimate of drug-likeness (QED) is 0.0876. The molecule has 2 spiro atoms. The molecule has 6 aromatic rings. The first kappa shape index (κ1) is 58.9. The number of carbonyl (C=O) groups is 5. The lowest BCUT2D eigenvalue weighted by Gasteiger charge is -2.31. The average molecular weight is 1180 g/mol. The molecular weight excluding hydrogens is 1110 g/mol. The summed E-state index contributed by atoms with van der Waals surface area (Å²) in [5.74, 6) is -2.48. The molecule has 0 fully saturated rings. The maximum atomic E-state index is 15.0. The molecule has 13 rings (SSSR count). The Morgan fingerprint density at radius 3 is 1.69 bits per heavy atom. The number of nitrogens with zero attached hydrogens (tertiary/aromatic N) is 3. The van der Waals surface area contributed by atoms with Crippen LogP contribution in [0.5, 0.6) is 11.5 Å². The van der Waals surface area contributed by atoms with E-state index < -0.39 is 100 Å². The van der Waals surface area contributed by atoms with Crippen LogP contribution in [0.1, 0.15) is 148 Å². The number of halogens is 2. The first-order valence-electron chi connectivity index (χ1n) is 28.0. The third kappa shape index (κ3) is 9.35. The molecule has 0 aliphatic carbocycles. The van der Waals surface area contributed by atoms with Gasteiger partial charge in [-0.1, -0.05) is 87.1 Å². The third-order valence-electron chi connectivity index (χ3n) is 16.9. The summed E-state index contributed by atoms with van der Waals surface area (Å²) in [4.78, 5) is 79.5. The van der Waals surface area contributed by atoms with Gasteiger partial charge in [-0.05, 0) is 83.3 Å². The van der Waals surface area contributed by atoms with Gasteiger partial charge in [-0.2, -0.15) is 0 Å². The predicted octanol–water partition coefficient (Wildman–Crippen LogP) is 7.59. The van der Waals surface area contributed by atoms with Gasteiger partial charge in [-0.25, -0.2) is 33.3 Å². The van der Waals surface area contributed by atoms with Crippen LogP contribution in [0.3, 0.4) is 0 Å². The van der Waals surface area contributed by atoms with Crippen LogP contribution in [0.25, 0.3) is 0 Å². The van der Waals surface area contributed by atoms with Gasteiger partial charge in [0.15, 0.2) is 47.4 Å². The molecule has 3 amide bonds. The highest BCUT2D eigenvalue weighted by Gasteiger charge is 2.63. The van der Waals surface area contributed by atoms with Crippen molar-refractivity contribution >= 4 is 46.9 Å². The molecule has 452 valence electrons. The molecule has 1 unspecified atom stereocenters. The summed E-state index contributed by atoms with van der Waals surface area (Å²) in [6, 6.07) is 16.5. The van der Waals surface area contributed by atoms with Crippen molar-refractivity contribution in [2.45, 2.75) is 123 Å². The highest BCUT2D eigenvalue weighted by atomic mass is 19.1. The smallest absolute Gasteiger partial charge is 0.334 e. The lowest BCUT2D eigenvalue weighted by molar-refractivity contribution is -0.144. The highest BCUT2D eigenvalue weighted by Crippen LogP contribution is 2.61. The average Bonchev–Trinajstić information content (AvgIpc) is 1.61. The number of fused-ring (bicyclic) bond motifs is 8. The molecule has 21 nitrogen and oxygen atoms in total. The largest absolute Gasteiger partial charge is 0.473 e. The number of benzene rings is 4. The topological polar surface area (TPSA) is 276 Å². The van der Waals surface area contributed by atoms with Crippen molar-refractivity contribution in [3.05, 3.63) is 153 Å². The number of hydrogen-bond donors (Lipinski definition) is 6. The molecule has 9 heterocycles. The van der Waals surface area contributed by atoms with Gasteiger partial charge in [0.25, 0.3) is 5.91 Å². The van der Waals surface area contributed by atoms with E-state index >= 15 is 0 Å². The van der Waals surface area contributed by atoms with E-state index in [9.17, 15) is 37.9 Å². The molecule has 7 aliphatic rings. The second-order valence-electron chi connectivity index (χ2n) is 24.7. The Balaban J connectivity index is 0.000000177. The molecular formula is C63H68F2N8O13. The van der Waals surface area contributed by atoms with E-state index in [4.69, 9.17) is 37.5 Å². The van der Waals surface area contributed by atoms with Crippen LogP contribution in [-0.4, -0.2) is 103 Å². The number of nitrogens with one attached hydrogen (secondary N) is 5. The summed E-state index contributed by atoms with van der Waals surface area (Å²) in [6.07, 6.45) is -0.660. The van der Waals surface area contributed by atoms with Crippen molar-refractivity contribution in [3.63, 3.8) is 0 Å². The standard InChI is InChI=1S/C31H33FN4O7.C31H31FN4O6.CH4/c1-14-10-15-6-9-21-18(11-15)31(17-12-16(32)7-8-19(17)34-29(31)42-21)24-22(26(39)33-20(13-37)28(40)41-5)35-27(43-24)23(30(2,3)4)36-25(14)38;1-14-10-15-6-9-21-18(11-15)31(17-12-16(32)7-8-19(17)34-29(31)41-21)24-22(26-33-20(13-40-26)28(38)39-5)35-27(42-24)23(30(2,3)4)36-25(14)37;/h6-9,11-12,14,20,23,29,34,37H,10,13H2,1-5H3,(H,33,39)(H,36,38);6-9,11-12,14,20,23,29,34H,10,13H2,1-5H3,(H,36,37);1H4/t14-,20-,23+,29+,31-;14-,20?,23+,29+,31-;/m00./s1. The van der Waals surface area contributed by atoms with Gasteiger partial charge in [0, 0.05) is 45.5 Å². The summed E-state index contributed by atoms with van der Waals surface area (Å²) in [6.45, 7) is 14.6. The van der Waals surface area contributed by atoms with Crippen LogP contribution in [-0.2, 0) is 57.1 Å². The number of aliphatic hydroxyl groups excluding tert-OH is 1. The van der Waals surface area contributed by atoms with E-state index in [1.54, 1.807) is 18.2 Å². The van der Waals surface area contributed by atoms with Crippen molar-refractivity contribution in [2.24, 2.45) is 27.7 Å². The van der Waals surface area contributed by atoms with Crippen LogP contribution >= 0.6 is 0 Å². The Morgan fingerprint density at radius 1 is 0.698 bits per heavy atom. The molecule has 7 aliphatic heterocycles. The minimum atomic E-state index is -1.38. The Kier molecular flexibility index (Phi) is 14.6. The fraction of sp³-hybridized carbons (Fsp3) is 0.429. The van der Waals surface area contributed by atoms with Crippen LogP contribution in [0.4, 0.5) is 20.2 Å². The second-order valence-corrected chi connectivity index (χ2v) is 24.7. The van der Waals surface area contributed by atoms with Crippen LogP contribution in [0, 0.1) is 34.3 Å². The Hall–Kier alpha value is -8.86. The first-order chi connectivity index (χ1) is 40.4. The molecule has 86 heavy (non-hydrogen) atoms. The number of anilines is 2. The molecule has 23 heteroatoms. The molecule has 4 aromatic carbocycles. The van der Waals surface area contributed by atoms with Crippen molar-refractivity contribution in [1.82, 2.24) is 25.9 Å². The van der Waals surface area contributed by atoms with Gasteiger partial charge in [0.2, 0.25) is 29.5 Å². The second kappa shape index (κ2) is 21.3. The van der Waals surface area contributed by atoms with Crippen LogP contribution < -0.4 is 36.1 Å². The van der Waals surface area contributed by atoms with Crippen molar-refractivity contribution < 1.29 is 70.4 Å². The van der Waals surface area contributed by atoms with Crippen LogP contribution in [0.2, 0.25) is 0 Å². The van der Waals surface area contributed by atoms with E-state index in [0.717, 1.165) is 23.8 Å². The number of ether oxygens (including phenoxy) is 5. The lowest BCUT2D eigenvalue weighted by atomic mass is 9.72. The molecule has 0 radical (unpaired) electrons. The van der Waals surface area contributed by atoms with Gasteiger partial charge in [0.1, 0.15) is 52.7 Å². The molecule has 0 saturated carbocycles. The number of methoxy groups -OCH3 is 2. The molecule has 8 bridgehead atoms. The predicted molar refractivity (Wildman–Crippen MR) is 306 cm³/mol. The number of oxazole rings is 2. The van der Waals surface area contributed by atoms with E-state index in [1.807, 2.05) is 85.7 Å². The van der Waals surface area contributed by atoms with E-state index in [-0.39, 0.29) is 66.6 Å². The normalized spacial score (nSPS) is 25.5. The van der Waals surface area contributed by atoms with E-state index in [1.165, 1.54) is 31.4 Å². The van der Waals surface area contributed by atoms with Gasteiger partial charge < -0.3 is 64.2 Å². The van der Waals surface area contributed by atoms with E-state index in [2.05, 4.69) is 36.6 Å². The number of hydrogen-bond acceptors (Lipinski definition) is 18. The summed E-state index contributed by atoms with van der Waals surface area (Å²) in [5.41, 5.74) is 1.79. The van der Waals surface area contributed by atoms with Gasteiger partial charge in [0.05, 0.1) is 20.8 Å². The van der Waals surface area contributed by atoms with Crippen LogP contribution in [0.15, 0.2) is 86.6 Å². The third-order valence-corrected chi connectivity index (χ3v) is 16.9. The Morgan fingerprint density at radius 2 is 1.20 bits per heavy atom. The Bertz CT molecular complexity index is 3810. The van der Waals surface area contributed by atoms with Crippen molar-refractivity contribution in [3.8, 4) is 11.5 Å². The molecule has 2 aromatic heterocycles. The molecule has 6 N–H and O–H groups in total. The molecule has 10 atom stereocenters. The molecule has 0 saturated heterocycles. The first-order valence-corrected chi connectivity index (χ1v) is 28.0. The van der Waals surface area contributed by atoms with E-state index in [0.29, 0.717) is 58.2 Å². The summed E-state index contributed by atoms with van der Waals surface area (Å²) in [5, 5.41) is 25.3. The highest BCUT2D eigenvalue weighted by molar-refractivity contribution is 5.99. The minimum absolute atomic E-state index is 0. The zero-order chi connectivity index (χ0) is 60.4. The van der Waals surface area contributed by atoms with Gasteiger partial charge >= 0.3 is 11.9 Å². The minimum Gasteiger partial charge on any atom is -0.473 e. The number of carbonyl (C=O) groups excluding carboxylic acids is 5. The number of amides is 3. The maximum absolute atomic E-state index is 15.0. The number of esters is 2. The summed E-state index contributed by atoms with van der Waals surface area (Å²) >= 11 is 0. The zero-order valence-electron chi connectivity index (χ0n) is 48.3. The van der Waals surface area contributed by atoms with Gasteiger partial charge in [-0.15, -0.1) is 0 Å². The lowest BCUT2D eigenvalue weighted by Crippen LogP contribution is -2.46.